The Labute approximate surface area is 71.2 Å². The largest absolute Gasteiger partial charge is 0.396 e. The van der Waals surface area contributed by atoms with Gasteiger partial charge in [-0.2, -0.15) is 11.8 Å². The first-order valence-corrected chi connectivity index (χ1v) is 4.79. The lowest BCUT2D eigenvalue weighted by molar-refractivity contribution is 0.322. The van der Waals surface area contributed by atoms with Crippen LogP contribution in [0.3, 0.4) is 0 Å². The molecule has 0 saturated carbocycles. The molecular weight excluding hydrogens is 158 g/mol. The molecule has 0 unspecified atom stereocenters. The van der Waals surface area contributed by atoms with Crippen LogP contribution in [0.25, 0.3) is 0 Å². The maximum absolute atomic E-state index is 8.54. The Morgan fingerprint density at radius 2 is 2.45 bits per heavy atom. The Morgan fingerprint density at radius 1 is 1.64 bits per heavy atom. The Balaban J connectivity index is 2.32. The van der Waals surface area contributed by atoms with Gasteiger partial charge in [-0.1, -0.05) is 0 Å². The zero-order chi connectivity index (χ0) is 8.10. The molecule has 62 valence electrons. The Hall–Kier alpha value is -0.410. The van der Waals surface area contributed by atoms with Crippen LogP contribution in [0.1, 0.15) is 5.69 Å². The average molecular weight is 171 g/mol. The van der Waals surface area contributed by atoms with Gasteiger partial charge in [-0.25, -0.2) is 0 Å². The third kappa shape index (κ3) is 2.60. The highest BCUT2D eigenvalue weighted by molar-refractivity contribution is 7.98. The Kier molecular flexibility index (Phi) is 3.52. The minimum Gasteiger partial charge on any atom is -0.396 e. The van der Waals surface area contributed by atoms with E-state index < -0.39 is 0 Å². The number of aliphatic hydroxyl groups is 1. The molecule has 1 N–H and O–H groups in total. The summed E-state index contributed by atoms with van der Waals surface area (Å²) < 4.78 is 2.10. The van der Waals surface area contributed by atoms with Crippen LogP contribution in [0.4, 0.5) is 0 Å². The quantitative estimate of drug-likeness (QED) is 0.690. The molecule has 1 heterocycles. The van der Waals surface area contributed by atoms with Gasteiger partial charge in [0.25, 0.3) is 0 Å². The van der Waals surface area contributed by atoms with E-state index in [0.29, 0.717) is 0 Å². The lowest BCUT2D eigenvalue weighted by atomic mass is 10.5. The monoisotopic (exact) mass is 171 g/mol. The van der Waals surface area contributed by atoms with Crippen LogP contribution in [0.15, 0.2) is 18.3 Å². The molecule has 0 fully saturated rings. The van der Waals surface area contributed by atoms with Crippen LogP contribution in [0.5, 0.6) is 0 Å². The predicted molar refractivity (Wildman–Crippen MR) is 48.7 cm³/mol. The van der Waals surface area contributed by atoms with Crippen LogP contribution in [0.2, 0.25) is 0 Å². The normalized spacial score (nSPS) is 10.4. The number of hydrogen-bond acceptors (Lipinski definition) is 2. The number of aliphatic hydroxyl groups excluding tert-OH is 1. The van der Waals surface area contributed by atoms with E-state index in [2.05, 4.69) is 10.6 Å². The summed E-state index contributed by atoms with van der Waals surface area (Å²) in [5.74, 6) is 1.81. The van der Waals surface area contributed by atoms with E-state index in [-0.39, 0.29) is 6.61 Å². The number of thioether (sulfide) groups is 1. The fourth-order valence-electron chi connectivity index (χ4n) is 0.888. The van der Waals surface area contributed by atoms with Crippen molar-refractivity contribution >= 4 is 11.8 Å². The number of aromatic nitrogens is 1. The first kappa shape index (κ1) is 8.68. The van der Waals surface area contributed by atoms with Crippen molar-refractivity contribution in [3.8, 4) is 0 Å². The molecule has 0 aromatic carbocycles. The van der Waals surface area contributed by atoms with E-state index in [1.54, 1.807) is 11.8 Å². The van der Waals surface area contributed by atoms with E-state index >= 15 is 0 Å². The van der Waals surface area contributed by atoms with Gasteiger partial charge in [-0.05, 0) is 12.1 Å². The molecule has 0 aliphatic rings. The molecule has 0 aliphatic carbocycles. The zero-order valence-electron chi connectivity index (χ0n) is 6.66. The lowest BCUT2D eigenvalue weighted by Gasteiger charge is -2.00. The third-order valence-electron chi connectivity index (χ3n) is 1.54. The molecule has 0 radical (unpaired) electrons. The van der Waals surface area contributed by atoms with E-state index in [1.807, 2.05) is 19.3 Å². The summed E-state index contributed by atoms with van der Waals surface area (Å²) in [4.78, 5) is 0. The summed E-state index contributed by atoms with van der Waals surface area (Å²) in [5.41, 5.74) is 1.31. The Bertz CT molecular complexity index is 210. The van der Waals surface area contributed by atoms with Crippen molar-refractivity contribution in [1.82, 2.24) is 4.57 Å². The first-order chi connectivity index (χ1) is 5.34. The first-order valence-electron chi connectivity index (χ1n) is 3.63. The van der Waals surface area contributed by atoms with Crippen molar-refractivity contribution in [1.29, 1.82) is 0 Å². The number of nitrogens with zero attached hydrogens (tertiary/aromatic N) is 1. The highest BCUT2D eigenvalue weighted by atomic mass is 32.2. The molecule has 3 heteroatoms. The van der Waals surface area contributed by atoms with Crippen LogP contribution in [-0.4, -0.2) is 22.0 Å². The maximum Gasteiger partial charge on any atom is 0.0521 e. The zero-order valence-corrected chi connectivity index (χ0v) is 7.47. The highest BCUT2D eigenvalue weighted by Crippen LogP contribution is 2.10. The van der Waals surface area contributed by atoms with E-state index in [1.165, 1.54) is 5.69 Å². The molecule has 2 nitrogen and oxygen atoms in total. The molecule has 1 aromatic heterocycles. The van der Waals surface area contributed by atoms with Crippen LogP contribution in [-0.2, 0) is 12.8 Å². The van der Waals surface area contributed by atoms with Crippen LogP contribution in [0, 0.1) is 0 Å². The van der Waals surface area contributed by atoms with E-state index in [4.69, 9.17) is 5.11 Å². The maximum atomic E-state index is 8.54. The molecular formula is C8H13NOS. The molecule has 0 amide bonds. The van der Waals surface area contributed by atoms with Crippen molar-refractivity contribution in [3.05, 3.63) is 24.0 Å². The SMILES string of the molecule is Cn1cccc1CSCCO. The second-order valence-corrected chi connectivity index (χ2v) is 3.49. The summed E-state index contributed by atoms with van der Waals surface area (Å²) in [6.45, 7) is 0.273. The molecule has 1 rings (SSSR count). The minimum atomic E-state index is 0.273. The molecule has 0 aliphatic heterocycles. The summed E-state index contributed by atoms with van der Waals surface area (Å²) in [5, 5.41) is 8.54. The molecule has 0 saturated heterocycles. The molecule has 0 bridgehead atoms. The minimum absolute atomic E-state index is 0.273. The van der Waals surface area contributed by atoms with Gasteiger partial charge in [0.05, 0.1) is 6.61 Å². The van der Waals surface area contributed by atoms with Crippen molar-refractivity contribution in [2.24, 2.45) is 7.05 Å². The van der Waals surface area contributed by atoms with Crippen molar-refractivity contribution in [3.63, 3.8) is 0 Å². The van der Waals surface area contributed by atoms with Gasteiger partial charge >= 0.3 is 0 Å². The van der Waals surface area contributed by atoms with Crippen molar-refractivity contribution in [2.45, 2.75) is 5.75 Å². The van der Waals surface area contributed by atoms with Gasteiger partial charge in [0.2, 0.25) is 0 Å². The van der Waals surface area contributed by atoms with Gasteiger partial charge in [0.1, 0.15) is 0 Å². The summed E-state index contributed by atoms with van der Waals surface area (Å²) >= 11 is 1.75. The molecule has 0 spiro atoms. The smallest absolute Gasteiger partial charge is 0.0521 e. The van der Waals surface area contributed by atoms with Gasteiger partial charge in [-0.3, -0.25) is 0 Å². The standard InChI is InChI=1S/C8H13NOS/c1-9-4-2-3-8(9)7-11-6-5-10/h2-4,10H,5-7H2,1H3. The summed E-state index contributed by atoms with van der Waals surface area (Å²) in [6, 6.07) is 4.14. The van der Waals surface area contributed by atoms with Crippen molar-refractivity contribution in [2.75, 3.05) is 12.4 Å². The second-order valence-electron chi connectivity index (χ2n) is 2.39. The fraction of sp³-hybridized carbons (Fsp3) is 0.500. The summed E-state index contributed by atoms with van der Waals surface area (Å²) in [6.07, 6.45) is 2.04. The summed E-state index contributed by atoms with van der Waals surface area (Å²) in [7, 11) is 2.04. The van der Waals surface area contributed by atoms with Gasteiger partial charge in [0, 0.05) is 30.4 Å². The molecule has 1 aromatic rings. The van der Waals surface area contributed by atoms with E-state index in [0.717, 1.165) is 11.5 Å². The molecule has 11 heavy (non-hydrogen) atoms. The van der Waals surface area contributed by atoms with Crippen LogP contribution >= 0.6 is 11.8 Å². The fourth-order valence-corrected chi connectivity index (χ4v) is 1.67. The van der Waals surface area contributed by atoms with E-state index in [9.17, 15) is 0 Å². The third-order valence-corrected chi connectivity index (χ3v) is 2.51. The topological polar surface area (TPSA) is 25.2 Å². The highest BCUT2D eigenvalue weighted by Gasteiger charge is 1.95. The second kappa shape index (κ2) is 4.46. The lowest BCUT2D eigenvalue weighted by Crippen LogP contribution is -1.94. The average Bonchev–Trinajstić information content (AvgIpc) is 2.37. The van der Waals surface area contributed by atoms with Crippen LogP contribution < -0.4 is 0 Å². The van der Waals surface area contributed by atoms with Gasteiger partial charge in [0.15, 0.2) is 0 Å². The van der Waals surface area contributed by atoms with Gasteiger partial charge < -0.3 is 9.67 Å². The number of rotatable bonds is 4. The number of aryl methyl sites for hydroxylation is 1. The van der Waals surface area contributed by atoms with Gasteiger partial charge in [-0.15, -0.1) is 0 Å². The molecule has 0 atom stereocenters. The van der Waals surface area contributed by atoms with Crippen molar-refractivity contribution < 1.29 is 5.11 Å². The number of hydrogen-bond donors (Lipinski definition) is 1. The Morgan fingerprint density at radius 3 is 3.00 bits per heavy atom. The predicted octanol–water partition coefficient (Wildman–Crippen LogP) is 1.25.